The fraction of sp³-hybridized carbons (Fsp3) is 0.250. The summed E-state index contributed by atoms with van der Waals surface area (Å²) < 4.78 is 5.53. The molecule has 3 aromatic rings. The third kappa shape index (κ3) is 5.19. The first-order chi connectivity index (χ1) is 16.9. The highest BCUT2D eigenvalue weighted by atomic mass is 16.5. The second kappa shape index (κ2) is 10.4. The lowest BCUT2D eigenvalue weighted by atomic mass is 9.98. The number of nitrogens with one attached hydrogen (secondary N) is 1. The summed E-state index contributed by atoms with van der Waals surface area (Å²) in [6.07, 6.45) is -0.264. The maximum Gasteiger partial charge on any atom is 0.407 e. The lowest BCUT2D eigenvalue weighted by Gasteiger charge is -2.22. The quantitative estimate of drug-likeness (QED) is 0.509. The summed E-state index contributed by atoms with van der Waals surface area (Å²) >= 11 is 0. The van der Waals surface area contributed by atoms with Gasteiger partial charge in [-0.2, -0.15) is 0 Å². The Hall–Kier alpha value is -4.13. The highest BCUT2D eigenvalue weighted by Gasteiger charge is 2.29. The van der Waals surface area contributed by atoms with Crippen molar-refractivity contribution < 1.29 is 24.2 Å². The van der Waals surface area contributed by atoms with E-state index in [9.17, 15) is 19.5 Å². The number of aromatic carboxylic acids is 1. The molecule has 35 heavy (non-hydrogen) atoms. The fourth-order valence-corrected chi connectivity index (χ4v) is 4.55. The Morgan fingerprint density at radius 1 is 0.943 bits per heavy atom. The number of hydrogen-bond acceptors (Lipinski definition) is 4. The molecule has 0 saturated heterocycles. The zero-order valence-electron chi connectivity index (χ0n) is 19.7. The summed E-state index contributed by atoms with van der Waals surface area (Å²) in [7, 11) is 1.63. The van der Waals surface area contributed by atoms with Crippen LogP contribution >= 0.6 is 0 Å². The molecule has 1 unspecified atom stereocenters. The number of nitrogens with zero attached hydrogens (tertiary/aromatic N) is 1. The smallest absolute Gasteiger partial charge is 0.407 e. The number of ether oxygens (including phenoxy) is 1. The minimum Gasteiger partial charge on any atom is -0.478 e. The molecule has 4 rings (SSSR count). The predicted molar refractivity (Wildman–Crippen MR) is 132 cm³/mol. The summed E-state index contributed by atoms with van der Waals surface area (Å²) in [5.41, 5.74) is 5.40. The Morgan fingerprint density at radius 3 is 2.14 bits per heavy atom. The van der Waals surface area contributed by atoms with Crippen molar-refractivity contribution in [1.82, 2.24) is 10.2 Å². The second-order valence-electron chi connectivity index (χ2n) is 8.66. The van der Waals surface area contributed by atoms with Crippen LogP contribution in [0.25, 0.3) is 11.1 Å². The van der Waals surface area contributed by atoms with Crippen molar-refractivity contribution in [2.24, 2.45) is 0 Å². The number of carbonyl (C=O) groups excluding carboxylic acids is 2. The van der Waals surface area contributed by atoms with Gasteiger partial charge in [-0.1, -0.05) is 66.7 Å². The standard InChI is InChI=1S/C28H28N2O5/c1-18(26(31)30(2)16-15-19-9-3-4-10-20(19)27(32)33)29-28(34)35-17-25-23-13-7-5-11-21(23)22-12-6-8-14-24(22)25/h3-14,18,25H,15-17H2,1-2H3,(H,29,34)(H,32,33). The normalized spacial score (nSPS) is 12.9. The topological polar surface area (TPSA) is 95.9 Å². The third-order valence-electron chi connectivity index (χ3n) is 6.39. The van der Waals surface area contributed by atoms with E-state index in [0.717, 1.165) is 22.3 Å². The third-order valence-corrected chi connectivity index (χ3v) is 6.39. The molecule has 7 heteroatoms. The van der Waals surface area contributed by atoms with Crippen LogP contribution in [0.4, 0.5) is 4.79 Å². The van der Waals surface area contributed by atoms with E-state index in [1.807, 2.05) is 36.4 Å². The lowest BCUT2D eigenvalue weighted by Crippen LogP contribution is -2.46. The van der Waals surface area contributed by atoms with Crippen LogP contribution in [-0.4, -0.2) is 54.2 Å². The highest BCUT2D eigenvalue weighted by Crippen LogP contribution is 2.44. The maximum absolute atomic E-state index is 12.7. The lowest BCUT2D eigenvalue weighted by molar-refractivity contribution is -0.131. The number of amides is 2. The average Bonchev–Trinajstić information content (AvgIpc) is 3.19. The minimum absolute atomic E-state index is 0.0591. The molecule has 0 saturated carbocycles. The number of alkyl carbamates (subject to hydrolysis) is 1. The monoisotopic (exact) mass is 472 g/mol. The van der Waals surface area contributed by atoms with Crippen molar-refractivity contribution >= 4 is 18.0 Å². The summed E-state index contributed by atoms with van der Waals surface area (Å²) in [5.74, 6) is -1.35. The Morgan fingerprint density at radius 2 is 1.51 bits per heavy atom. The molecule has 0 aliphatic heterocycles. The average molecular weight is 473 g/mol. The number of hydrogen-bond donors (Lipinski definition) is 2. The molecule has 0 bridgehead atoms. The van der Waals surface area contributed by atoms with E-state index in [1.165, 1.54) is 4.90 Å². The van der Waals surface area contributed by atoms with E-state index >= 15 is 0 Å². The van der Waals surface area contributed by atoms with Gasteiger partial charge in [-0.05, 0) is 47.2 Å². The molecule has 7 nitrogen and oxygen atoms in total. The molecule has 180 valence electrons. The molecular formula is C28H28N2O5. The molecule has 0 aromatic heterocycles. The van der Waals surface area contributed by atoms with E-state index in [-0.39, 0.29) is 24.0 Å². The van der Waals surface area contributed by atoms with Crippen LogP contribution in [0.1, 0.15) is 39.9 Å². The molecular weight excluding hydrogens is 444 g/mol. The van der Waals surface area contributed by atoms with Crippen LogP contribution in [0.3, 0.4) is 0 Å². The summed E-state index contributed by atoms with van der Waals surface area (Å²) in [6.45, 7) is 2.09. The van der Waals surface area contributed by atoms with Gasteiger partial charge in [0, 0.05) is 19.5 Å². The van der Waals surface area contributed by atoms with Gasteiger partial charge < -0.3 is 20.1 Å². The van der Waals surface area contributed by atoms with Crippen molar-refractivity contribution in [3.05, 3.63) is 95.1 Å². The van der Waals surface area contributed by atoms with Crippen molar-refractivity contribution in [3.8, 4) is 11.1 Å². The molecule has 0 radical (unpaired) electrons. The first-order valence-electron chi connectivity index (χ1n) is 11.5. The van der Waals surface area contributed by atoms with Crippen LogP contribution in [0.5, 0.6) is 0 Å². The summed E-state index contributed by atoms with van der Waals surface area (Å²) in [6, 6.07) is 22.1. The van der Waals surface area contributed by atoms with Gasteiger partial charge in [-0.25, -0.2) is 9.59 Å². The zero-order valence-corrected chi connectivity index (χ0v) is 19.7. The second-order valence-corrected chi connectivity index (χ2v) is 8.66. The Balaban J connectivity index is 1.31. The SMILES string of the molecule is CC(NC(=O)OCC1c2ccccc2-c2ccccc21)C(=O)N(C)CCc1ccccc1C(=O)O. The van der Waals surface area contributed by atoms with Crippen LogP contribution < -0.4 is 5.32 Å². The number of carbonyl (C=O) groups is 3. The van der Waals surface area contributed by atoms with Crippen molar-refractivity contribution in [1.29, 1.82) is 0 Å². The zero-order chi connectivity index (χ0) is 24.9. The Kier molecular flexibility index (Phi) is 7.15. The van der Waals surface area contributed by atoms with Crippen LogP contribution in [-0.2, 0) is 16.0 Å². The largest absolute Gasteiger partial charge is 0.478 e. The van der Waals surface area contributed by atoms with Gasteiger partial charge in [0.25, 0.3) is 0 Å². The van der Waals surface area contributed by atoms with Crippen molar-refractivity contribution in [2.45, 2.75) is 25.3 Å². The number of carboxylic acid groups (broad SMARTS) is 1. The number of benzene rings is 3. The van der Waals surface area contributed by atoms with Gasteiger partial charge in [0.1, 0.15) is 12.6 Å². The van der Waals surface area contributed by atoms with Gasteiger partial charge in [0.05, 0.1) is 5.56 Å². The summed E-state index contributed by atoms with van der Waals surface area (Å²) in [5, 5.41) is 11.9. The van der Waals surface area contributed by atoms with Gasteiger partial charge in [-0.3, -0.25) is 4.79 Å². The number of likely N-dealkylation sites (N-methyl/N-ethyl adjacent to an activating group) is 1. The van der Waals surface area contributed by atoms with Crippen LogP contribution in [0.2, 0.25) is 0 Å². The highest BCUT2D eigenvalue weighted by molar-refractivity contribution is 5.89. The van der Waals surface area contributed by atoms with Crippen molar-refractivity contribution in [3.63, 3.8) is 0 Å². The Bertz CT molecular complexity index is 1210. The van der Waals surface area contributed by atoms with Crippen LogP contribution in [0.15, 0.2) is 72.8 Å². The predicted octanol–water partition coefficient (Wildman–Crippen LogP) is 4.31. The van der Waals surface area contributed by atoms with Gasteiger partial charge in [0.15, 0.2) is 0 Å². The number of rotatable bonds is 8. The number of fused-ring (bicyclic) bond motifs is 3. The molecule has 0 fully saturated rings. The van der Waals surface area contributed by atoms with E-state index in [4.69, 9.17) is 4.74 Å². The molecule has 1 atom stereocenters. The first-order valence-corrected chi connectivity index (χ1v) is 11.5. The molecule has 0 heterocycles. The van der Waals surface area contributed by atoms with E-state index < -0.39 is 18.1 Å². The fourth-order valence-electron chi connectivity index (χ4n) is 4.55. The maximum atomic E-state index is 12.7. The Labute approximate surface area is 204 Å². The van der Waals surface area contributed by atoms with E-state index in [1.54, 1.807) is 38.2 Å². The molecule has 1 aliphatic carbocycles. The minimum atomic E-state index is -1.00. The molecule has 2 amide bonds. The number of carboxylic acids is 1. The summed E-state index contributed by atoms with van der Waals surface area (Å²) in [4.78, 5) is 38.1. The van der Waals surface area contributed by atoms with E-state index in [0.29, 0.717) is 18.5 Å². The van der Waals surface area contributed by atoms with Gasteiger partial charge >= 0.3 is 12.1 Å². The van der Waals surface area contributed by atoms with E-state index in [2.05, 4.69) is 17.4 Å². The molecule has 2 N–H and O–H groups in total. The van der Waals surface area contributed by atoms with Crippen LogP contribution in [0, 0.1) is 0 Å². The molecule has 3 aromatic carbocycles. The first kappa shape index (κ1) is 24.0. The van der Waals surface area contributed by atoms with Crippen molar-refractivity contribution in [2.75, 3.05) is 20.2 Å². The van der Waals surface area contributed by atoms with Gasteiger partial charge in [0.2, 0.25) is 5.91 Å². The molecule has 1 aliphatic rings. The van der Waals surface area contributed by atoms with Gasteiger partial charge in [-0.15, -0.1) is 0 Å². The molecule has 0 spiro atoms.